The lowest BCUT2D eigenvalue weighted by molar-refractivity contribution is -0.136. The number of anilines is 1. The van der Waals surface area contributed by atoms with E-state index >= 15 is 0 Å². The van der Waals surface area contributed by atoms with E-state index in [1.807, 2.05) is 0 Å². The molecule has 2 aromatic rings. The average molecular weight is 654 g/mol. The number of unbranched alkanes of at least 4 members (excludes halogenated alkanes) is 1. The smallest absolute Gasteiger partial charge is 0.227 e. The Bertz CT molecular complexity index is 1200. The summed E-state index contributed by atoms with van der Waals surface area (Å²) in [5.41, 5.74) is 0.310. The Morgan fingerprint density at radius 1 is 1.04 bits per heavy atom. The van der Waals surface area contributed by atoms with Gasteiger partial charge in [-0.05, 0) is 43.2 Å². The van der Waals surface area contributed by atoms with Crippen molar-refractivity contribution in [2.24, 2.45) is 11.8 Å². The van der Waals surface area contributed by atoms with Crippen LogP contribution in [0.5, 0.6) is 5.75 Å². The van der Waals surface area contributed by atoms with Gasteiger partial charge in [0, 0.05) is 51.3 Å². The van der Waals surface area contributed by atoms with Gasteiger partial charge in [-0.25, -0.2) is 14.4 Å². The van der Waals surface area contributed by atoms with E-state index in [0.717, 1.165) is 51.1 Å². The van der Waals surface area contributed by atoms with Gasteiger partial charge in [0.15, 0.2) is 0 Å². The number of halogens is 2. The van der Waals surface area contributed by atoms with Gasteiger partial charge in [-0.2, -0.15) is 0 Å². The summed E-state index contributed by atoms with van der Waals surface area (Å²) >= 11 is 5.88. The minimum Gasteiger partial charge on any atom is -0.493 e. The highest BCUT2D eigenvalue weighted by atomic mass is 35.5. The molecule has 0 unspecified atom stereocenters. The molecule has 14 heteroatoms. The maximum Gasteiger partial charge on any atom is 0.227 e. The van der Waals surface area contributed by atoms with Gasteiger partial charge in [0.05, 0.1) is 43.2 Å². The van der Waals surface area contributed by atoms with Gasteiger partial charge < -0.3 is 45.4 Å². The van der Waals surface area contributed by atoms with Gasteiger partial charge in [0.2, 0.25) is 11.9 Å². The zero-order chi connectivity index (χ0) is 32.3. The van der Waals surface area contributed by atoms with Crippen molar-refractivity contribution in [3.8, 4) is 5.75 Å². The van der Waals surface area contributed by atoms with Crippen molar-refractivity contribution in [2.45, 2.75) is 62.9 Å². The summed E-state index contributed by atoms with van der Waals surface area (Å²) in [7, 11) is 0. The van der Waals surface area contributed by atoms with E-state index in [2.05, 4.69) is 20.2 Å². The number of ether oxygens (including phenoxy) is 1. The van der Waals surface area contributed by atoms with Crippen LogP contribution in [0.2, 0.25) is 5.02 Å². The minimum atomic E-state index is -1.67. The van der Waals surface area contributed by atoms with Crippen LogP contribution in [0.1, 0.15) is 37.7 Å². The Labute approximate surface area is 267 Å². The van der Waals surface area contributed by atoms with Gasteiger partial charge in [-0.1, -0.05) is 24.1 Å². The van der Waals surface area contributed by atoms with E-state index in [9.17, 15) is 29.6 Å². The van der Waals surface area contributed by atoms with Crippen LogP contribution in [0.3, 0.4) is 0 Å². The number of hydrogen-bond donors (Lipinski definition) is 6. The molecule has 0 aliphatic carbocycles. The quantitative estimate of drug-likeness (QED) is 0.133. The summed E-state index contributed by atoms with van der Waals surface area (Å²) in [4.78, 5) is 25.1. The maximum atomic E-state index is 14.7. The van der Waals surface area contributed by atoms with Crippen LogP contribution in [0.15, 0.2) is 30.6 Å². The topological polar surface area (TPSA) is 172 Å². The molecule has 3 heterocycles. The third kappa shape index (κ3) is 10.4. The summed E-state index contributed by atoms with van der Waals surface area (Å²) in [5.74, 6) is 1.30. The summed E-state index contributed by atoms with van der Waals surface area (Å²) < 4.78 is 20.5. The van der Waals surface area contributed by atoms with Crippen molar-refractivity contribution in [1.82, 2.24) is 20.2 Å². The molecule has 0 saturated carbocycles. The third-order valence-electron chi connectivity index (χ3n) is 8.57. The molecule has 6 N–H and O–H groups in total. The molecular formula is C31H45ClFN5O7. The Morgan fingerprint density at radius 3 is 2.40 bits per heavy atom. The first-order valence-corrected chi connectivity index (χ1v) is 16.0. The predicted molar refractivity (Wildman–Crippen MR) is 165 cm³/mol. The molecule has 2 fully saturated rings. The number of nitrogens with one attached hydrogen (secondary N) is 1. The predicted octanol–water partition coefficient (Wildman–Crippen LogP) is 0.761. The SMILES string of the molecule is O=C(Cc1ccc(OCCCCC2CCN(c3ncc(Cl)cn3)CC2)cc1F)N1CC(CNC[C@H](O)[C@@H](O)[C@H](O)[C@H](O)CO)C1. The van der Waals surface area contributed by atoms with Crippen molar-refractivity contribution in [1.29, 1.82) is 0 Å². The van der Waals surface area contributed by atoms with Gasteiger partial charge in [0.1, 0.15) is 29.9 Å². The Kier molecular flexibility index (Phi) is 13.5. The van der Waals surface area contributed by atoms with Crippen LogP contribution < -0.4 is 15.0 Å². The zero-order valence-electron chi connectivity index (χ0n) is 25.3. The molecule has 12 nitrogen and oxygen atoms in total. The maximum absolute atomic E-state index is 14.7. The van der Waals surface area contributed by atoms with Crippen molar-refractivity contribution < 1.29 is 39.5 Å². The average Bonchev–Trinajstić information content (AvgIpc) is 3.02. The molecule has 1 amide bonds. The fourth-order valence-corrected chi connectivity index (χ4v) is 5.77. The Morgan fingerprint density at radius 2 is 1.73 bits per heavy atom. The number of hydrogen-bond acceptors (Lipinski definition) is 11. The number of carbonyl (C=O) groups excluding carboxylic acids is 1. The first-order valence-electron chi connectivity index (χ1n) is 15.6. The summed E-state index contributed by atoms with van der Waals surface area (Å²) in [6.07, 6.45) is 2.21. The number of aliphatic hydroxyl groups is 5. The van der Waals surface area contributed by atoms with E-state index in [-0.39, 0.29) is 24.8 Å². The molecule has 0 spiro atoms. The Hall–Kier alpha value is -2.65. The van der Waals surface area contributed by atoms with E-state index < -0.39 is 36.8 Å². The molecule has 2 aliphatic heterocycles. The van der Waals surface area contributed by atoms with Gasteiger partial charge in [0.25, 0.3) is 0 Å². The van der Waals surface area contributed by atoms with Crippen LogP contribution in [-0.4, -0.2) is 123 Å². The second-order valence-corrected chi connectivity index (χ2v) is 12.5. The van der Waals surface area contributed by atoms with Crippen molar-refractivity contribution in [3.63, 3.8) is 0 Å². The number of likely N-dealkylation sites (tertiary alicyclic amines) is 1. The van der Waals surface area contributed by atoms with Crippen LogP contribution >= 0.6 is 11.6 Å². The van der Waals surface area contributed by atoms with E-state index in [1.165, 1.54) is 6.07 Å². The normalized spacial score (nSPS) is 18.7. The van der Waals surface area contributed by atoms with Crippen molar-refractivity contribution >= 4 is 23.5 Å². The molecule has 250 valence electrons. The summed E-state index contributed by atoms with van der Waals surface area (Å²) in [6, 6.07) is 4.62. The Balaban J connectivity index is 1.06. The van der Waals surface area contributed by atoms with Gasteiger partial charge >= 0.3 is 0 Å². The molecule has 45 heavy (non-hydrogen) atoms. The lowest BCUT2D eigenvalue weighted by Gasteiger charge is -2.39. The van der Waals surface area contributed by atoms with Crippen molar-refractivity contribution in [3.05, 3.63) is 47.0 Å². The largest absolute Gasteiger partial charge is 0.493 e. The highest BCUT2D eigenvalue weighted by Gasteiger charge is 2.32. The standard InChI is InChI=1S/C31H45ClFN5O7/c32-23-14-35-31(36-15-23)37-8-6-20(7-9-37)3-1-2-10-45-24-5-4-22(25(33)12-24)11-28(42)38-17-21(18-38)13-34-16-26(40)29(43)30(44)27(41)19-39/h4-5,12,14-15,20-21,26-27,29-30,34,39-41,43-44H,1-3,6-11,13,16-19H2/t26-,27+,29+,30+/m0/s1. The van der Waals surface area contributed by atoms with Gasteiger partial charge in [-0.3, -0.25) is 4.79 Å². The molecule has 0 bridgehead atoms. The van der Waals surface area contributed by atoms with E-state index in [0.29, 0.717) is 48.5 Å². The lowest BCUT2D eigenvalue weighted by Crippen LogP contribution is -2.55. The van der Waals surface area contributed by atoms with E-state index in [4.69, 9.17) is 21.4 Å². The molecule has 4 atom stereocenters. The highest BCUT2D eigenvalue weighted by molar-refractivity contribution is 6.30. The van der Waals surface area contributed by atoms with Crippen LogP contribution in [0, 0.1) is 17.7 Å². The first kappa shape index (κ1) is 35.2. The minimum absolute atomic E-state index is 0.0398. The molecular weight excluding hydrogens is 609 g/mol. The lowest BCUT2D eigenvalue weighted by atomic mass is 9.92. The number of nitrogens with zero attached hydrogens (tertiary/aromatic N) is 4. The summed E-state index contributed by atoms with van der Waals surface area (Å²) in [6.45, 7) is 3.00. The molecule has 1 aromatic carbocycles. The van der Waals surface area contributed by atoms with E-state index in [1.54, 1.807) is 29.4 Å². The van der Waals surface area contributed by atoms with Crippen LogP contribution in [0.4, 0.5) is 10.3 Å². The number of carbonyl (C=O) groups is 1. The fraction of sp³-hybridized carbons (Fsp3) is 0.645. The molecule has 4 rings (SSSR count). The second-order valence-electron chi connectivity index (χ2n) is 12.0. The number of piperidine rings is 1. The van der Waals surface area contributed by atoms with Crippen LogP contribution in [0.25, 0.3) is 0 Å². The second kappa shape index (κ2) is 17.3. The molecule has 2 saturated heterocycles. The van der Waals surface area contributed by atoms with Crippen molar-refractivity contribution in [2.75, 3.05) is 57.4 Å². The molecule has 2 aliphatic rings. The highest BCUT2D eigenvalue weighted by Crippen LogP contribution is 2.25. The number of benzene rings is 1. The fourth-order valence-electron chi connectivity index (χ4n) is 5.67. The summed E-state index contributed by atoms with van der Waals surface area (Å²) in [5, 5.41) is 51.2. The monoisotopic (exact) mass is 653 g/mol. The number of aliphatic hydroxyl groups excluding tert-OH is 5. The van der Waals surface area contributed by atoms with Crippen LogP contribution in [-0.2, 0) is 11.2 Å². The number of amides is 1. The zero-order valence-corrected chi connectivity index (χ0v) is 26.1. The van der Waals surface area contributed by atoms with Gasteiger partial charge in [-0.15, -0.1) is 0 Å². The molecule has 0 radical (unpaired) electrons. The third-order valence-corrected chi connectivity index (χ3v) is 8.76. The number of rotatable bonds is 17. The number of aromatic nitrogens is 2. The molecule has 1 aromatic heterocycles. The first-order chi connectivity index (χ1) is 21.6.